The second kappa shape index (κ2) is 9.82. The lowest BCUT2D eigenvalue weighted by Crippen LogP contribution is -2.46. The number of carbonyl (C=O) groups excluding carboxylic acids is 1. The Labute approximate surface area is 156 Å². The first-order valence-corrected chi connectivity index (χ1v) is 8.93. The van der Waals surface area contributed by atoms with Crippen LogP contribution in [0.4, 0.5) is 4.79 Å². The van der Waals surface area contributed by atoms with Crippen LogP contribution in [0.15, 0.2) is 54.6 Å². The Morgan fingerprint density at radius 1 is 1.00 bits per heavy atom. The Bertz CT molecular complexity index is 671. The van der Waals surface area contributed by atoms with Gasteiger partial charge < -0.3 is 20.2 Å². The average molecular weight is 355 g/mol. The van der Waals surface area contributed by atoms with Gasteiger partial charge in [-0.05, 0) is 50.2 Å². The highest BCUT2D eigenvalue weighted by atomic mass is 16.3. The van der Waals surface area contributed by atoms with Gasteiger partial charge in [0, 0.05) is 26.2 Å². The van der Waals surface area contributed by atoms with Crippen molar-refractivity contribution in [1.82, 2.24) is 15.1 Å². The summed E-state index contributed by atoms with van der Waals surface area (Å²) in [7, 11) is 5.86. The van der Waals surface area contributed by atoms with Crippen LogP contribution in [0, 0.1) is 0 Å². The monoisotopic (exact) mass is 355 g/mol. The van der Waals surface area contributed by atoms with Crippen molar-refractivity contribution in [3.63, 3.8) is 0 Å². The number of likely N-dealkylation sites (N-methyl/N-ethyl adjacent to an activating group) is 2. The van der Waals surface area contributed by atoms with E-state index >= 15 is 0 Å². The van der Waals surface area contributed by atoms with Crippen molar-refractivity contribution < 1.29 is 9.90 Å². The third-order valence-corrected chi connectivity index (χ3v) is 4.50. The summed E-state index contributed by atoms with van der Waals surface area (Å²) in [6.45, 7) is 1.25. The maximum absolute atomic E-state index is 12.4. The SMILES string of the molecule is CN(C[C@H](Cc1ccc(O)cc1)N(C)C)C(=O)NCCc1ccccc1. The molecule has 5 nitrogen and oxygen atoms in total. The van der Waals surface area contributed by atoms with Crippen LogP contribution < -0.4 is 5.32 Å². The molecule has 0 saturated heterocycles. The minimum atomic E-state index is -0.0570. The highest BCUT2D eigenvalue weighted by Crippen LogP contribution is 2.13. The molecule has 2 rings (SSSR count). The second-order valence-corrected chi connectivity index (χ2v) is 6.84. The van der Waals surface area contributed by atoms with Gasteiger partial charge >= 0.3 is 6.03 Å². The minimum Gasteiger partial charge on any atom is -0.508 e. The predicted octanol–water partition coefficient (Wildman–Crippen LogP) is 2.75. The van der Waals surface area contributed by atoms with Gasteiger partial charge in [0.15, 0.2) is 0 Å². The Morgan fingerprint density at radius 2 is 1.65 bits per heavy atom. The maximum atomic E-state index is 12.4. The van der Waals surface area contributed by atoms with E-state index in [-0.39, 0.29) is 17.8 Å². The van der Waals surface area contributed by atoms with E-state index in [0.717, 1.165) is 18.4 Å². The Morgan fingerprint density at radius 3 is 2.27 bits per heavy atom. The molecule has 5 heteroatoms. The van der Waals surface area contributed by atoms with Gasteiger partial charge in [0.2, 0.25) is 0 Å². The number of hydrogen-bond donors (Lipinski definition) is 2. The standard InChI is InChI=1S/C21H29N3O2/c1-23(2)19(15-18-9-11-20(25)12-10-18)16-24(3)21(26)22-14-13-17-7-5-4-6-8-17/h4-12,19,25H,13-16H2,1-3H3,(H,22,26)/t19-/m0/s1. The Hall–Kier alpha value is -2.53. The summed E-state index contributed by atoms with van der Waals surface area (Å²) >= 11 is 0. The van der Waals surface area contributed by atoms with Crippen LogP contribution in [0.2, 0.25) is 0 Å². The predicted molar refractivity (Wildman–Crippen MR) is 105 cm³/mol. The second-order valence-electron chi connectivity index (χ2n) is 6.84. The number of benzene rings is 2. The van der Waals surface area contributed by atoms with E-state index in [1.54, 1.807) is 17.0 Å². The van der Waals surface area contributed by atoms with Crippen LogP contribution in [0.25, 0.3) is 0 Å². The molecule has 2 N–H and O–H groups in total. The van der Waals surface area contributed by atoms with Gasteiger partial charge in [0.05, 0.1) is 0 Å². The van der Waals surface area contributed by atoms with Crippen molar-refractivity contribution in [1.29, 1.82) is 0 Å². The molecule has 0 fully saturated rings. The number of urea groups is 1. The largest absolute Gasteiger partial charge is 0.508 e. The molecule has 0 bridgehead atoms. The molecule has 0 unspecified atom stereocenters. The summed E-state index contributed by atoms with van der Waals surface area (Å²) in [5, 5.41) is 12.4. The van der Waals surface area contributed by atoms with Crippen molar-refractivity contribution in [3.8, 4) is 5.75 Å². The van der Waals surface area contributed by atoms with E-state index in [4.69, 9.17) is 0 Å². The molecule has 26 heavy (non-hydrogen) atoms. The van der Waals surface area contributed by atoms with E-state index in [0.29, 0.717) is 13.1 Å². The third-order valence-electron chi connectivity index (χ3n) is 4.50. The molecule has 0 radical (unpaired) electrons. The highest BCUT2D eigenvalue weighted by Gasteiger charge is 2.18. The fraction of sp³-hybridized carbons (Fsp3) is 0.381. The van der Waals surface area contributed by atoms with Gasteiger partial charge in [-0.25, -0.2) is 4.79 Å². The number of phenolic OH excluding ortho intramolecular Hbond substituents is 1. The molecule has 1 atom stereocenters. The molecule has 2 aromatic carbocycles. The maximum Gasteiger partial charge on any atom is 0.317 e. The van der Waals surface area contributed by atoms with Crippen LogP contribution in [-0.4, -0.2) is 61.2 Å². The van der Waals surface area contributed by atoms with Crippen LogP contribution >= 0.6 is 0 Å². The molecule has 0 aliphatic rings. The number of aromatic hydroxyl groups is 1. The lowest BCUT2D eigenvalue weighted by Gasteiger charge is -2.29. The normalized spacial score (nSPS) is 12.0. The van der Waals surface area contributed by atoms with Gasteiger partial charge in [0.25, 0.3) is 0 Å². The van der Waals surface area contributed by atoms with Crippen LogP contribution in [-0.2, 0) is 12.8 Å². The van der Waals surface area contributed by atoms with Crippen molar-refractivity contribution >= 4 is 6.03 Å². The third kappa shape index (κ3) is 6.41. The zero-order chi connectivity index (χ0) is 18.9. The van der Waals surface area contributed by atoms with Crippen LogP contribution in [0.5, 0.6) is 5.75 Å². The Balaban J connectivity index is 1.82. The van der Waals surface area contributed by atoms with Crippen molar-refractivity contribution in [3.05, 3.63) is 65.7 Å². The number of nitrogens with zero attached hydrogens (tertiary/aromatic N) is 2. The highest BCUT2D eigenvalue weighted by molar-refractivity contribution is 5.73. The first-order chi connectivity index (χ1) is 12.5. The van der Waals surface area contributed by atoms with Crippen molar-refractivity contribution in [2.45, 2.75) is 18.9 Å². The molecule has 0 saturated carbocycles. The first kappa shape index (κ1) is 19.8. The molecule has 140 valence electrons. The lowest BCUT2D eigenvalue weighted by atomic mass is 10.0. The molecule has 0 spiro atoms. The number of amides is 2. The number of carbonyl (C=O) groups is 1. The van der Waals surface area contributed by atoms with E-state index < -0.39 is 0 Å². The van der Waals surface area contributed by atoms with Gasteiger partial charge in [-0.15, -0.1) is 0 Å². The molecular weight excluding hydrogens is 326 g/mol. The molecule has 0 aliphatic heterocycles. The Kier molecular flexibility index (Phi) is 7.48. The summed E-state index contributed by atoms with van der Waals surface area (Å²) in [6.07, 6.45) is 1.64. The van der Waals surface area contributed by atoms with E-state index in [1.807, 2.05) is 51.5 Å². The fourth-order valence-electron chi connectivity index (χ4n) is 2.81. The van der Waals surface area contributed by atoms with E-state index in [9.17, 15) is 9.90 Å². The van der Waals surface area contributed by atoms with E-state index in [1.165, 1.54) is 5.56 Å². The summed E-state index contributed by atoms with van der Waals surface area (Å²) in [4.78, 5) is 16.2. The number of rotatable bonds is 8. The first-order valence-electron chi connectivity index (χ1n) is 8.93. The number of nitrogens with one attached hydrogen (secondary N) is 1. The molecule has 2 amide bonds. The molecule has 0 aromatic heterocycles. The summed E-state index contributed by atoms with van der Waals surface area (Å²) in [5.41, 5.74) is 2.35. The fourth-order valence-corrected chi connectivity index (χ4v) is 2.81. The number of phenols is 1. The smallest absolute Gasteiger partial charge is 0.317 e. The minimum absolute atomic E-state index is 0.0570. The van der Waals surface area contributed by atoms with Gasteiger partial charge in [0.1, 0.15) is 5.75 Å². The van der Waals surface area contributed by atoms with Gasteiger partial charge in [-0.3, -0.25) is 0 Å². The van der Waals surface area contributed by atoms with Crippen LogP contribution in [0.3, 0.4) is 0 Å². The summed E-state index contributed by atoms with van der Waals surface area (Å²) < 4.78 is 0. The molecular formula is C21H29N3O2. The topological polar surface area (TPSA) is 55.8 Å². The molecule has 0 heterocycles. The van der Waals surface area contributed by atoms with E-state index in [2.05, 4.69) is 22.3 Å². The quantitative estimate of drug-likeness (QED) is 0.766. The van der Waals surface area contributed by atoms with Gasteiger partial charge in [-0.2, -0.15) is 0 Å². The zero-order valence-corrected chi connectivity index (χ0v) is 15.9. The number of hydrogen-bond acceptors (Lipinski definition) is 3. The van der Waals surface area contributed by atoms with Gasteiger partial charge in [-0.1, -0.05) is 42.5 Å². The molecule has 2 aromatic rings. The lowest BCUT2D eigenvalue weighted by molar-refractivity contribution is 0.184. The van der Waals surface area contributed by atoms with Crippen molar-refractivity contribution in [2.75, 3.05) is 34.2 Å². The average Bonchev–Trinajstić information content (AvgIpc) is 2.63. The summed E-state index contributed by atoms with van der Waals surface area (Å²) in [5.74, 6) is 0.269. The zero-order valence-electron chi connectivity index (χ0n) is 15.9. The summed E-state index contributed by atoms with van der Waals surface area (Å²) in [6, 6.07) is 17.5. The van der Waals surface area contributed by atoms with Crippen LogP contribution in [0.1, 0.15) is 11.1 Å². The van der Waals surface area contributed by atoms with Crippen molar-refractivity contribution in [2.24, 2.45) is 0 Å². The molecule has 0 aliphatic carbocycles.